The van der Waals surface area contributed by atoms with Crippen molar-refractivity contribution in [3.63, 3.8) is 0 Å². The molecule has 0 aliphatic carbocycles. The van der Waals surface area contributed by atoms with E-state index in [-0.39, 0.29) is 36.6 Å². The first-order valence-electron chi connectivity index (χ1n) is 9.32. The van der Waals surface area contributed by atoms with Crippen molar-refractivity contribution in [1.29, 1.82) is 0 Å². The zero-order valence-electron chi connectivity index (χ0n) is 15.3. The van der Waals surface area contributed by atoms with E-state index >= 15 is 0 Å². The molecule has 0 bridgehead atoms. The molecule has 0 saturated carbocycles. The summed E-state index contributed by atoms with van der Waals surface area (Å²) in [5, 5.41) is 0. The first kappa shape index (κ1) is 18.4. The van der Waals surface area contributed by atoms with Gasteiger partial charge in [-0.15, -0.1) is 0 Å². The molecule has 0 spiro atoms. The molecule has 1 atom stereocenters. The lowest BCUT2D eigenvalue weighted by molar-refractivity contribution is -0.147. The van der Waals surface area contributed by atoms with Gasteiger partial charge in [-0.3, -0.25) is 19.4 Å². The van der Waals surface area contributed by atoms with Crippen molar-refractivity contribution >= 4 is 17.7 Å². The van der Waals surface area contributed by atoms with E-state index in [0.717, 1.165) is 25.1 Å². The van der Waals surface area contributed by atoms with Gasteiger partial charge >= 0.3 is 0 Å². The Bertz CT molecular complexity index is 664. The third-order valence-electron chi connectivity index (χ3n) is 5.05. The summed E-state index contributed by atoms with van der Waals surface area (Å²) in [5.41, 5.74) is 0.814. The van der Waals surface area contributed by atoms with E-state index in [0.29, 0.717) is 26.2 Å². The van der Waals surface area contributed by atoms with Crippen molar-refractivity contribution < 1.29 is 14.4 Å². The SMILES string of the molecule is CCCCN1CCN(C(=O)C2CC(=O)N(Cc3ccccn3)C2)CC1=O. The summed E-state index contributed by atoms with van der Waals surface area (Å²) >= 11 is 0. The predicted octanol–water partition coefficient (Wildman–Crippen LogP) is 0.901. The maximum absolute atomic E-state index is 12.8. The Balaban J connectivity index is 1.54. The molecule has 1 unspecified atom stereocenters. The summed E-state index contributed by atoms with van der Waals surface area (Å²) in [7, 11) is 0. The molecule has 2 saturated heterocycles. The second-order valence-corrected chi connectivity index (χ2v) is 6.99. The van der Waals surface area contributed by atoms with Crippen molar-refractivity contribution in [3.8, 4) is 0 Å². The standard InChI is InChI=1S/C19H26N4O3/c1-2-3-8-21-9-10-22(14-18(21)25)19(26)15-11-17(24)23(12-15)13-16-6-4-5-7-20-16/h4-7,15H,2-3,8-14H2,1H3. The molecule has 0 radical (unpaired) electrons. The van der Waals surface area contributed by atoms with Crippen LogP contribution in [-0.2, 0) is 20.9 Å². The quantitative estimate of drug-likeness (QED) is 0.757. The number of carbonyl (C=O) groups is 3. The van der Waals surface area contributed by atoms with Crippen molar-refractivity contribution in [3.05, 3.63) is 30.1 Å². The van der Waals surface area contributed by atoms with Crippen molar-refractivity contribution in [2.24, 2.45) is 5.92 Å². The van der Waals surface area contributed by atoms with E-state index in [2.05, 4.69) is 11.9 Å². The van der Waals surface area contributed by atoms with Crippen LogP contribution in [-0.4, -0.2) is 70.1 Å². The van der Waals surface area contributed by atoms with Crippen LogP contribution < -0.4 is 0 Å². The van der Waals surface area contributed by atoms with E-state index in [4.69, 9.17) is 0 Å². The number of nitrogens with zero attached hydrogens (tertiary/aromatic N) is 4. The van der Waals surface area contributed by atoms with Gasteiger partial charge in [0.25, 0.3) is 0 Å². The van der Waals surface area contributed by atoms with Gasteiger partial charge < -0.3 is 14.7 Å². The molecule has 3 rings (SSSR count). The number of piperazine rings is 1. The van der Waals surface area contributed by atoms with Gasteiger partial charge in [-0.25, -0.2) is 0 Å². The Morgan fingerprint density at radius 1 is 1.19 bits per heavy atom. The van der Waals surface area contributed by atoms with E-state index in [9.17, 15) is 14.4 Å². The average Bonchev–Trinajstić information content (AvgIpc) is 3.01. The highest BCUT2D eigenvalue weighted by molar-refractivity contribution is 5.92. The number of pyridine rings is 1. The van der Waals surface area contributed by atoms with Gasteiger partial charge in [-0.05, 0) is 18.6 Å². The number of aromatic nitrogens is 1. The summed E-state index contributed by atoms with van der Waals surface area (Å²) in [6.07, 6.45) is 3.94. The van der Waals surface area contributed by atoms with E-state index in [1.165, 1.54) is 0 Å². The highest BCUT2D eigenvalue weighted by Crippen LogP contribution is 2.22. The number of amides is 3. The van der Waals surface area contributed by atoms with Crippen LogP contribution in [0.3, 0.4) is 0 Å². The molecule has 0 N–H and O–H groups in total. The summed E-state index contributed by atoms with van der Waals surface area (Å²) in [6.45, 7) is 4.95. The predicted molar refractivity (Wildman–Crippen MR) is 95.8 cm³/mol. The molecule has 3 amide bonds. The van der Waals surface area contributed by atoms with Crippen LogP contribution >= 0.6 is 0 Å². The number of hydrogen-bond acceptors (Lipinski definition) is 4. The van der Waals surface area contributed by atoms with Crippen LogP contribution in [0.15, 0.2) is 24.4 Å². The zero-order chi connectivity index (χ0) is 18.5. The molecule has 140 valence electrons. The molecule has 7 nitrogen and oxygen atoms in total. The summed E-state index contributed by atoms with van der Waals surface area (Å²) < 4.78 is 0. The molecule has 3 heterocycles. The van der Waals surface area contributed by atoms with Crippen LogP contribution in [0.5, 0.6) is 0 Å². The summed E-state index contributed by atoms with van der Waals surface area (Å²) in [5.74, 6) is -0.457. The lowest BCUT2D eigenvalue weighted by Gasteiger charge is -2.35. The Morgan fingerprint density at radius 2 is 2.04 bits per heavy atom. The minimum absolute atomic E-state index is 0.00714. The number of unbranched alkanes of at least 4 members (excludes halogenated alkanes) is 1. The van der Waals surface area contributed by atoms with Gasteiger partial charge in [0.05, 0.1) is 24.7 Å². The van der Waals surface area contributed by atoms with Crippen LogP contribution in [0.2, 0.25) is 0 Å². The molecule has 26 heavy (non-hydrogen) atoms. The maximum Gasteiger partial charge on any atom is 0.242 e. The molecule has 1 aromatic heterocycles. The molecule has 7 heteroatoms. The molecule has 1 aromatic rings. The lowest BCUT2D eigenvalue weighted by atomic mass is 10.1. The normalized spacial score (nSPS) is 20.8. The van der Waals surface area contributed by atoms with E-state index in [1.54, 1.807) is 16.0 Å². The highest BCUT2D eigenvalue weighted by Gasteiger charge is 2.38. The van der Waals surface area contributed by atoms with Crippen molar-refractivity contribution in [2.75, 3.05) is 32.7 Å². The zero-order valence-corrected chi connectivity index (χ0v) is 15.3. The topological polar surface area (TPSA) is 73.8 Å². The van der Waals surface area contributed by atoms with Crippen LogP contribution in [0.1, 0.15) is 31.9 Å². The monoisotopic (exact) mass is 358 g/mol. The van der Waals surface area contributed by atoms with Crippen LogP contribution in [0.25, 0.3) is 0 Å². The molecular weight excluding hydrogens is 332 g/mol. The maximum atomic E-state index is 12.8. The Hall–Kier alpha value is -2.44. The van der Waals surface area contributed by atoms with Gasteiger partial charge in [0.2, 0.25) is 17.7 Å². The number of likely N-dealkylation sites (tertiary alicyclic amines) is 1. The highest BCUT2D eigenvalue weighted by atomic mass is 16.2. The molecular formula is C19H26N4O3. The van der Waals surface area contributed by atoms with Gasteiger partial charge in [-0.2, -0.15) is 0 Å². The molecule has 2 aliphatic heterocycles. The van der Waals surface area contributed by atoms with Crippen molar-refractivity contribution in [1.82, 2.24) is 19.7 Å². The third kappa shape index (κ3) is 4.20. The first-order valence-corrected chi connectivity index (χ1v) is 9.32. The van der Waals surface area contributed by atoms with Gasteiger partial charge in [0.1, 0.15) is 0 Å². The lowest BCUT2D eigenvalue weighted by Crippen LogP contribution is -2.53. The van der Waals surface area contributed by atoms with Gasteiger partial charge in [0.15, 0.2) is 0 Å². The minimum Gasteiger partial charge on any atom is -0.339 e. The van der Waals surface area contributed by atoms with E-state index in [1.807, 2.05) is 23.1 Å². The number of rotatable bonds is 6. The largest absolute Gasteiger partial charge is 0.339 e. The second-order valence-electron chi connectivity index (χ2n) is 6.99. The number of hydrogen-bond donors (Lipinski definition) is 0. The summed E-state index contributed by atoms with van der Waals surface area (Å²) in [4.78, 5) is 46.7. The van der Waals surface area contributed by atoms with Gasteiger partial charge in [0, 0.05) is 38.8 Å². The second kappa shape index (κ2) is 8.29. The molecule has 2 fully saturated rings. The molecule has 2 aliphatic rings. The smallest absolute Gasteiger partial charge is 0.242 e. The third-order valence-corrected chi connectivity index (χ3v) is 5.05. The van der Waals surface area contributed by atoms with Crippen LogP contribution in [0, 0.1) is 5.92 Å². The minimum atomic E-state index is -0.360. The van der Waals surface area contributed by atoms with E-state index < -0.39 is 0 Å². The van der Waals surface area contributed by atoms with Crippen LogP contribution in [0.4, 0.5) is 0 Å². The number of carbonyl (C=O) groups excluding carboxylic acids is 3. The summed E-state index contributed by atoms with van der Waals surface area (Å²) in [6, 6.07) is 5.59. The molecule has 0 aromatic carbocycles. The Labute approximate surface area is 154 Å². The fourth-order valence-corrected chi connectivity index (χ4v) is 3.52. The Kier molecular flexibility index (Phi) is 5.85. The Morgan fingerprint density at radius 3 is 2.73 bits per heavy atom. The fraction of sp³-hybridized carbons (Fsp3) is 0.579. The first-order chi connectivity index (χ1) is 12.6. The van der Waals surface area contributed by atoms with Gasteiger partial charge in [-0.1, -0.05) is 19.4 Å². The van der Waals surface area contributed by atoms with Crippen molar-refractivity contribution in [2.45, 2.75) is 32.7 Å². The average molecular weight is 358 g/mol. The fourth-order valence-electron chi connectivity index (χ4n) is 3.52.